The van der Waals surface area contributed by atoms with E-state index in [1.54, 1.807) is 4.90 Å². The molecule has 1 saturated heterocycles. The Hall–Kier alpha value is -1.30. The molecule has 1 aliphatic rings. The van der Waals surface area contributed by atoms with Gasteiger partial charge in [-0.15, -0.1) is 0 Å². The molecule has 0 bridgehead atoms. The molecule has 0 aromatic carbocycles. The number of carbonyl (C=O) groups is 1. The van der Waals surface area contributed by atoms with Crippen molar-refractivity contribution in [3.8, 4) is 0 Å². The van der Waals surface area contributed by atoms with Gasteiger partial charge in [-0.25, -0.2) is 4.98 Å². The molecule has 1 atom stereocenters. The monoisotopic (exact) mass is 320 g/mol. The van der Waals surface area contributed by atoms with Crippen molar-refractivity contribution in [2.45, 2.75) is 39.4 Å². The number of hydrogen-bond acceptors (Lipinski definition) is 3. The Morgan fingerprint density at radius 3 is 2.43 bits per heavy atom. The molecule has 1 aromatic rings. The molecule has 1 aliphatic heterocycles. The van der Waals surface area contributed by atoms with E-state index in [0.29, 0.717) is 6.42 Å². The molecule has 0 amide bonds. The van der Waals surface area contributed by atoms with Crippen molar-refractivity contribution in [2.24, 2.45) is 5.41 Å². The summed E-state index contributed by atoms with van der Waals surface area (Å²) in [4.78, 5) is 17.3. The number of ketones is 1. The van der Waals surface area contributed by atoms with Crippen LogP contribution < -0.4 is 4.90 Å². The molecular formula is C14H16ClF3N2O. The summed E-state index contributed by atoms with van der Waals surface area (Å²) in [6, 6.07) is 0.721. The molecule has 0 saturated carbocycles. The molecule has 116 valence electrons. The molecule has 3 nitrogen and oxygen atoms in total. The van der Waals surface area contributed by atoms with Crippen LogP contribution in [0.25, 0.3) is 0 Å². The lowest BCUT2D eigenvalue weighted by Gasteiger charge is -2.35. The highest BCUT2D eigenvalue weighted by Crippen LogP contribution is 2.39. The molecule has 2 heterocycles. The number of pyridine rings is 1. The Kier molecular flexibility index (Phi) is 3.95. The molecule has 0 spiro atoms. The highest BCUT2D eigenvalue weighted by Gasteiger charge is 2.40. The second kappa shape index (κ2) is 5.16. The van der Waals surface area contributed by atoms with E-state index in [1.807, 2.05) is 20.8 Å². The Morgan fingerprint density at radius 1 is 1.33 bits per heavy atom. The summed E-state index contributed by atoms with van der Waals surface area (Å²) in [5.41, 5.74) is -1.10. The number of alkyl halides is 3. The number of halogens is 4. The molecule has 1 unspecified atom stereocenters. The van der Waals surface area contributed by atoms with Crippen LogP contribution in [0.15, 0.2) is 12.3 Å². The van der Waals surface area contributed by atoms with E-state index in [4.69, 9.17) is 11.6 Å². The zero-order valence-electron chi connectivity index (χ0n) is 12.0. The largest absolute Gasteiger partial charge is 0.417 e. The zero-order chi connectivity index (χ0) is 16.0. The van der Waals surface area contributed by atoms with Crippen LogP contribution in [0.5, 0.6) is 0 Å². The minimum atomic E-state index is -4.49. The van der Waals surface area contributed by atoms with Crippen LogP contribution in [0.3, 0.4) is 0 Å². The first-order valence-electron chi connectivity index (χ1n) is 6.51. The lowest BCUT2D eigenvalue weighted by molar-refractivity contribution is -0.137. The van der Waals surface area contributed by atoms with Crippen LogP contribution in [0.1, 0.15) is 32.8 Å². The molecule has 1 aromatic heterocycles. The van der Waals surface area contributed by atoms with Gasteiger partial charge in [0.15, 0.2) is 5.78 Å². The maximum absolute atomic E-state index is 12.6. The summed E-state index contributed by atoms with van der Waals surface area (Å²) >= 11 is 5.96. The highest BCUT2D eigenvalue weighted by atomic mass is 35.5. The fourth-order valence-electron chi connectivity index (χ4n) is 2.48. The summed E-state index contributed by atoms with van der Waals surface area (Å²) in [6.07, 6.45) is -3.38. The highest BCUT2D eigenvalue weighted by molar-refractivity contribution is 6.33. The molecule has 0 aliphatic carbocycles. The SMILES string of the molecule is CC(C)(C)C1CC(=O)CN1c1ncc(C(F)(F)F)cc1Cl. The van der Waals surface area contributed by atoms with Crippen molar-refractivity contribution in [2.75, 3.05) is 11.4 Å². The maximum Gasteiger partial charge on any atom is 0.417 e. The number of aromatic nitrogens is 1. The Morgan fingerprint density at radius 2 is 1.95 bits per heavy atom. The number of anilines is 1. The van der Waals surface area contributed by atoms with Crippen molar-refractivity contribution in [1.82, 2.24) is 4.98 Å². The standard InChI is InChI=1S/C14H16ClF3N2O/c1-13(2,3)11-5-9(21)7-20(11)12-10(15)4-8(6-19-12)14(16,17)18/h4,6,11H,5,7H2,1-3H3. The van der Waals surface area contributed by atoms with Gasteiger partial charge in [0.1, 0.15) is 5.82 Å². The average Bonchev–Trinajstić information content (AvgIpc) is 2.69. The maximum atomic E-state index is 12.6. The van der Waals surface area contributed by atoms with Gasteiger partial charge in [-0.05, 0) is 11.5 Å². The normalized spacial score (nSPS) is 20.2. The molecular weight excluding hydrogens is 305 g/mol. The van der Waals surface area contributed by atoms with Crippen molar-refractivity contribution in [3.05, 3.63) is 22.8 Å². The van der Waals surface area contributed by atoms with Crippen molar-refractivity contribution in [3.63, 3.8) is 0 Å². The lowest BCUT2D eigenvalue weighted by atomic mass is 9.85. The molecule has 0 radical (unpaired) electrons. The second-order valence-electron chi connectivity index (χ2n) is 6.28. The zero-order valence-corrected chi connectivity index (χ0v) is 12.7. The summed E-state index contributed by atoms with van der Waals surface area (Å²) in [6.45, 7) is 6.05. The fourth-order valence-corrected chi connectivity index (χ4v) is 2.76. The van der Waals surface area contributed by atoms with Gasteiger partial charge >= 0.3 is 6.18 Å². The van der Waals surface area contributed by atoms with Gasteiger partial charge in [0.2, 0.25) is 0 Å². The lowest BCUT2D eigenvalue weighted by Crippen LogP contribution is -2.40. The third kappa shape index (κ3) is 3.31. The van der Waals surface area contributed by atoms with E-state index in [-0.39, 0.29) is 34.6 Å². The first-order chi connectivity index (χ1) is 9.50. The van der Waals surface area contributed by atoms with Crippen LogP contribution >= 0.6 is 11.6 Å². The molecule has 7 heteroatoms. The van der Waals surface area contributed by atoms with E-state index in [1.165, 1.54) is 0 Å². The van der Waals surface area contributed by atoms with Gasteiger partial charge < -0.3 is 4.90 Å². The van der Waals surface area contributed by atoms with Gasteiger partial charge in [-0.1, -0.05) is 32.4 Å². The smallest absolute Gasteiger partial charge is 0.344 e. The van der Waals surface area contributed by atoms with Crippen molar-refractivity contribution < 1.29 is 18.0 Å². The summed E-state index contributed by atoms with van der Waals surface area (Å²) in [5.74, 6) is 0.267. The second-order valence-corrected chi connectivity index (χ2v) is 6.69. The topological polar surface area (TPSA) is 33.2 Å². The van der Waals surface area contributed by atoms with Crippen molar-refractivity contribution in [1.29, 1.82) is 0 Å². The van der Waals surface area contributed by atoms with Crippen LogP contribution in [-0.2, 0) is 11.0 Å². The third-order valence-electron chi connectivity index (χ3n) is 3.56. The van der Waals surface area contributed by atoms with E-state index >= 15 is 0 Å². The quantitative estimate of drug-likeness (QED) is 0.785. The van der Waals surface area contributed by atoms with Gasteiger partial charge in [0.05, 0.1) is 17.1 Å². The fraction of sp³-hybridized carbons (Fsp3) is 0.571. The number of Topliss-reactive ketones (excluding diaryl/α,β-unsaturated/α-hetero) is 1. The summed E-state index contributed by atoms with van der Waals surface area (Å²) < 4.78 is 37.9. The molecule has 2 rings (SSSR count). The average molecular weight is 321 g/mol. The number of nitrogens with zero attached hydrogens (tertiary/aromatic N) is 2. The first kappa shape index (κ1) is 16.1. The van der Waals surface area contributed by atoms with Gasteiger partial charge in [-0.3, -0.25) is 4.79 Å². The van der Waals surface area contributed by atoms with Crippen LogP contribution in [0.4, 0.5) is 19.0 Å². The number of carbonyl (C=O) groups excluding carboxylic acids is 1. The van der Waals surface area contributed by atoms with Crippen molar-refractivity contribution >= 4 is 23.2 Å². The molecule has 0 N–H and O–H groups in total. The van der Waals surface area contributed by atoms with Crippen LogP contribution in [0, 0.1) is 5.41 Å². The van der Waals surface area contributed by atoms with Gasteiger partial charge in [0.25, 0.3) is 0 Å². The minimum Gasteiger partial charge on any atom is -0.344 e. The Bertz CT molecular complexity index is 566. The van der Waals surface area contributed by atoms with Crippen LogP contribution in [0.2, 0.25) is 5.02 Å². The van der Waals surface area contributed by atoms with E-state index in [0.717, 1.165) is 12.3 Å². The number of hydrogen-bond donors (Lipinski definition) is 0. The predicted octanol–water partition coefficient (Wildman–Crippen LogP) is 3.95. The van der Waals surface area contributed by atoms with Crippen LogP contribution in [-0.4, -0.2) is 23.4 Å². The molecule has 1 fully saturated rings. The van der Waals surface area contributed by atoms with E-state index < -0.39 is 11.7 Å². The van der Waals surface area contributed by atoms with Gasteiger partial charge in [0, 0.05) is 18.7 Å². The molecule has 21 heavy (non-hydrogen) atoms. The Labute approximate surface area is 126 Å². The third-order valence-corrected chi connectivity index (χ3v) is 3.84. The van der Waals surface area contributed by atoms with E-state index in [9.17, 15) is 18.0 Å². The number of rotatable bonds is 1. The predicted molar refractivity (Wildman–Crippen MR) is 74.5 cm³/mol. The minimum absolute atomic E-state index is 0.0349. The van der Waals surface area contributed by atoms with E-state index in [2.05, 4.69) is 4.98 Å². The Balaban J connectivity index is 2.39. The first-order valence-corrected chi connectivity index (χ1v) is 6.89. The summed E-state index contributed by atoms with van der Waals surface area (Å²) in [5, 5.41) is -0.0891. The summed E-state index contributed by atoms with van der Waals surface area (Å²) in [7, 11) is 0. The van der Waals surface area contributed by atoms with Gasteiger partial charge in [-0.2, -0.15) is 13.2 Å².